The van der Waals surface area contributed by atoms with E-state index in [-0.39, 0.29) is 35.0 Å². The van der Waals surface area contributed by atoms with Crippen LogP contribution in [0.25, 0.3) is 22.3 Å². The number of H-pyrrole nitrogens is 1. The number of hydrogen-bond donors (Lipinski definition) is 3. The first kappa shape index (κ1) is 24.3. The van der Waals surface area contributed by atoms with E-state index in [0.717, 1.165) is 43.5 Å². The van der Waals surface area contributed by atoms with Crippen molar-refractivity contribution in [1.29, 1.82) is 0 Å². The Balaban J connectivity index is 1.29. The number of aromatic hydroxyl groups is 1. The molecule has 1 atom stereocenters. The molecule has 0 saturated carbocycles. The van der Waals surface area contributed by atoms with Crippen molar-refractivity contribution in [2.45, 2.75) is 37.6 Å². The van der Waals surface area contributed by atoms with Gasteiger partial charge < -0.3 is 25.0 Å². The van der Waals surface area contributed by atoms with Crippen molar-refractivity contribution in [1.82, 2.24) is 19.9 Å². The third kappa shape index (κ3) is 4.05. The lowest BCUT2D eigenvalue weighted by Crippen LogP contribution is -2.44. The Kier molecular flexibility index (Phi) is 5.98. The lowest BCUT2D eigenvalue weighted by Gasteiger charge is -2.33. The van der Waals surface area contributed by atoms with Gasteiger partial charge in [-0.3, -0.25) is 4.79 Å². The Morgan fingerprint density at radius 3 is 2.53 bits per heavy atom. The molecule has 2 aliphatic heterocycles. The van der Waals surface area contributed by atoms with Crippen molar-refractivity contribution in [2.75, 3.05) is 25.1 Å². The molecular weight excluding hydrogens is 492 g/mol. The van der Waals surface area contributed by atoms with Crippen LogP contribution >= 0.6 is 0 Å². The smallest absolute Gasteiger partial charge is 0.233 e. The molecule has 0 aliphatic carbocycles. The molecule has 3 N–H and O–H groups in total. The van der Waals surface area contributed by atoms with Crippen LogP contribution in [0.2, 0.25) is 0 Å². The number of aromatic nitrogens is 3. The molecule has 8 nitrogen and oxygen atoms in total. The molecular formula is C28H27F2N5O3. The second-order valence-corrected chi connectivity index (χ2v) is 10.0. The van der Waals surface area contributed by atoms with E-state index in [1.807, 2.05) is 36.1 Å². The zero-order valence-electron chi connectivity index (χ0n) is 20.8. The number of likely N-dealkylation sites (tertiary alicyclic amines) is 1. The van der Waals surface area contributed by atoms with E-state index in [2.05, 4.69) is 20.3 Å². The van der Waals surface area contributed by atoms with Crippen molar-refractivity contribution in [2.24, 2.45) is 0 Å². The molecule has 38 heavy (non-hydrogen) atoms. The average Bonchev–Trinajstić information content (AvgIpc) is 3.44. The normalized spacial score (nSPS) is 20.4. The Hall–Kier alpha value is -4.05. The van der Waals surface area contributed by atoms with E-state index in [9.17, 15) is 18.7 Å². The fourth-order valence-electron chi connectivity index (χ4n) is 5.48. The van der Waals surface area contributed by atoms with Crippen LogP contribution in [0.3, 0.4) is 0 Å². The number of ether oxygens (including phenoxy) is 1. The molecule has 1 unspecified atom stereocenters. The van der Waals surface area contributed by atoms with Gasteiger partial charge in [0.2, 0.25) is 11.8 Å². The summed E-state index contributed by atoms with van der Waals surface area (Å²) in [5, 5.41) is 13.8. The maximum absolute atomic E-state index is 14.5. The van der Waals surface area contributed by atoms with Crippen LogP contribution in [0.5, 0.6) is 5.88 Å². The first-order valence-corrected chi connectivity index (χ1v) is 12.6. The second-order valence-electron chi connectivity index (χ2n) is 10.0. The zero-order valence-corrected chi connectivity index (χ0v) is 20.8. The van der Waals surface area contributed by atoms with E-state index in [1.165, 1.54) is 12.3 Å². The molecule has 10 heteroatoms. The van der Waals surface area contributed by atoms with Crippen LogP contribution < -0.4 is 5.32 Å². The highest BCUT2D eigenvalue weighted by Gasteiger charge is 2.46. The van der Waals surface area contributed by atoms with Gasteiger partial charge in [-0.15, -0.1) is 0 Å². The van der Waals surface area contributed by atoms with Crippen LogP contribution in [-0.2, 0) is 14.9 Å². The minimum atomic E-state index is -0.788. The molecule has 4 heterocycles. The zero-order chi connectivity index (χ0) is 26.4. The van der Waals surface area contributed by atoms with Crippen LogP contribution in [-0.4, -0.2) is 56.7 Å². The van der Waals surface area contributed by atoms with E-state index in [1.54, 1.807) is 0 Å². The number of amides is 1. The van der Waals surface area contributed by atoms with Crippen molar-refractivity contribution in [3.63, 3.8) is 0 Å². The number of benzene rings is 2. The Morgan fingerprint density at radius 1 is 1.11 bits per heavy atom. The molecule has 6 rings (SSSR count). The lowest BCUT2D eigenvalue weighted by atomic mass is 9.81. The monoisotopic (exact) mass is 519 g/mol. The van der Waals surface area contributed by atoms with Crippen LogP contribution in [0.15, 0.2) is 48.7 Å². The number of halogens is 2. The van der Waals surface area contributed by atoms with Gasteiger partial charge in [0.05, 0.1) is 16.5 Å². The highest BCUT2D eigenvalue weighted by Crippen LogP contribution is 2.39. The molecule has 1 amide bonds. The number of rotatable bonds is 5. The van der Waals surface area contributed by atoms with Crippen molar-refractivity contribution >= 4 is 28.3 Å². The summed E-state index contributed by atoms with van der Waals surface area (Å²) < 4.78 is 34.4. The molecule has 2 fully saturated rings. The molecule has 2 aromatic carbocycles. The number of carbonyl (C=O) groups excluding carboxylic acids is 1. The molecule has 0 radical (unpaired) electrons. The van der Waals surface area contributed by atoms with E-state index >= 15 is 0 Å². The predicted molar refractivity (Wildman–Crippen MR) is 138 cm³/mol. The van der Waals surface area contributed by atoms with Gasteiger partial charge in [-0.05, 0) is 56.0 Å². The third-order valence-electron chi connectivity index (χ3n) is 7.71. The number of anilines is 2. The summed E-state index contributed by atoms with van der Waals surface area (Å²) in [6.07, 6.45) is 3.91. The van der Waals surface area contributed by atoms with Gasteiger partial charge in [-0.1, -0.05) is 18.2 Å². The minimum absolute atomic E-state index is 0.136. The molecule has 0 bridgehead atoms. The van der Waals surface area contributed by atoms with Gasteiger partial charge in [0, 0.05) is 37.7 Å². The van der Waals surface area contributed by atoms with E-state index in [0.29, 0.717) is 29.8 Å². The van der Waals surface area contributed by atoms with Gasteiger partial charge in [0.25, 0.3) is 0 Å². The van der Waals surface area contributed by atoms with Gasteiger partial charge in [0.15, 0.2) is 5.82 Å². The van der Waals surface area contributed by atoms with E-state index < -0.39 is 17.0 Å². The Morgan fingerprint density at radius 2 is 1.82 bits per heavy atom. The number of nitrogens with zero attached hydrogens (tertiary/aromatic N) is 3. The fourth-order valence-corrected chi connectivity index (χ4v) is 5.48. The van der Waals surface area contributed by atoms with Gasteiger partial charge in [-0.2, -0.15) is 0 Å². The van der Waals surface area contributed by atoms with Gasteiger partial charge >= 0.3 is 0 Å². The second kappa shape index (κ2) is 9.36. The van der Waals surface area contributed by atoms with Crippen molar-refractivity contribution in [3.8, 4) is 17.3 Å². The molecule has 2 aliphatic rings. The maximum atomic E-state index is 14.5. The summed E-state index contributed by atoms with van der Waals surface area (Å²) in [5.41, 5.74) is 0.869. The highest BCUT2D eigenvalue weighted by atomic mass is 19.1. The Bertz CT molecular complexity index is 1500. The first-order valence-electron chi connectivity index (χ1n) is 12.6. The van der Waals surface area contributed by atoms with Crippen LogP contribution in [0.1, 0.15) is 31.7 Å². The minimum Gasteiger partial charge on any atom is -0.494 e. The lowest BCUT2D eigenvalue weighted by molar-refractivity contribution is -0.135. The number of hydrogen-bond acceptors (Lipinski definition) is 6. The van der Waals surface area contributed by atoms with Crippen molar-refractivity contribution < 1.29 is 23.4 Å². The standard InChI is InChI=1S/C28H27F2N5O3/c1-28(11-12-35(27(28)37)18-9-13-38-14-10-18)16-5-7-17(8-6-16)32-25-23-21(15-31-26(23)36)33-24(34-25)22-19(29)3-2-4-20(22)30/h2-8,15,18,31,36H,9-14H2,1H3,(H,32,33,34). The highest BCUT2D eigenvalue weighted by molar-refractivity contribution is 5.96. The van der Waals surface area contributed by atoms with Gasteiger partial charge in [0.1, 0.15) is 22.8 Å². The molecule has 2 aromatic heterocycles. The Labute approximate surface area is 217 Å². The van der Waals surface area contributed by atoms with Crippen LogP contribution in [0, 0.1) is 11.6 Å². The van der Waals surface area contributed by atoms with Crippen LogP contribution in [0.4, 0.5) is 20.3 Å². The first-order chi connectivity index (χ1) is 18.3. The largest absolute Gasteiger partial charge is 0.494 e. The fraction of sp³-hybridized carbons (Fsp3) is 0.321. The summed E-state index contributed by atoms with van der Waals surface area (Å²) in [5.74, 6) is -1.57. The summed E-state index contributed by atoms with van der Waals surface area (Å²) in [4.78, 5) is 26.7. The summed E-state index contributed by atoms with van der Waals surface area (Å²) in [6.45, 7) is 4.08. The number of carbonyl (C=O) groups is 1. The quantitative estimate of drug-likeness (QED) is 0.342. The third-order valence-corrected chi connectivity index (χ3v) is 7.71. The maximum Gasteiger partial charge on any atom is 0.233 e. The van der Waals surface area contributed by atoms with Crippen molar-refractivity contribution in [3.05, 3.63) is 65.9 Å². The molecule has 0 spiro atoms. The molecule has 196 valence electrons. The summed E-state index contributed by atoms with van der Waals surface area (Å²) >= 11 is 0. The summed E-state index contributed by atoms with van der Waals surface area (Å²) in [7, 11) is 0. The average molecular weight is 520 g/mol. The molecule has 2 saturated heterocycles. The number of nitrogens with one attached hydrogen (secondary N) is 2. The number of aromatic amines is 1. The predicted octanol–water partition coefficient (Wildman–Crippen LogP) is 5.02. The number of fused-ring (bicyclic) bond motifs is 1. The van der Waals surface area contributed by atoms with E-state index in [4.69, 9.17) is 4.74 Å². The van der Waals surface area contributed by atoms with Gasteiger partial charge in [-0.25, -0.2) is 18.7 Å². The SMILES string of the molecule is CC1(c2ccc(Nc3nc(-c4c(F)cccc4F)nc4c[nH]c(O)c34)cc2)CCN(C2CCOCC2)C1=O. The summed E-state index contributed by atoms with van der Waals surface area (Å²) in [6, 6.07) is 11.2. The molecule has 4 aromatic rings. The topological polar surface area (TPSA) is 103 Å².